The summed E-state index contributed by atoms with van der Waals surface area (Å²) in [7, 11) is 0. The average Bonchev–Trinajstić information content (AvgIpc) is 2.70. The number of phenols is 1. The van der Waals surface area contributed by atoms with Crippen molar-refractivity contribution in [2.45, 2.75) is 44.0 Å². The number of phenolic OH excluding ortho intramolecular Hbond substituents is 1. The van der Waals surface area contributed by atoms with E-state index in [1.807, 2.05) is 5.32 Å². The highest BCUT2D eigenvalue weighted by Gasteiger charge is 2.32. The number of rotatable bonds is 12. The van der Waals surface area contributed by atoms with Crippen molar-refractivity contribution in [3.63, 3.8) is 0 Å². The molecule has 1 aromatic rings. The van der Waals surface area contributed by atoms with Gasteiger partial charge < -0.3 is 42.1 Å². The number of carbonyl (C=O) groups is 5. The Morgan fingerprint density at radius 1 is 0.938 bits per heavy atom. The molecule has 13 heteroatoms. The summed E-state index contributed by atoms with van der Waals surface area (Å²) in [5, 5.41) is 43.0. The van der Waals surface area contributed by atoms with Gasteiger partial charge in [-0.1, -0.05) is 12.1 Å². The van der Waals surface area contributed by atoms with Gasteiger partial charge in [0.05, 0.1) is 18.6 Å². The number of nitrogens with two attached hydrogens (primary N) is 1. The summed E-state index contributed by atoms with van der Waals surface area (Å²) in [6.07, 6.45) is -2.25. The third kappa shape index (κ3) is 8.97. The molecular formula is C19H26N4O9. The first-order chi connectivity index (χ1) is 14.9. The van der Waals surface area contributed by atoms with Gasteiger partial charge in [0.1, 0.15) is 24.4 Å². The fraction of sp³-hybridized carbons (Fsp3) is 0.421. The van der Waals surface area contributed by atoms with Crippen LogP contribution in [0, 0.1) is 0 Å². The lowest BCUT2D eigenvalue weighted by Crippen LogP contribution is -2.59. The molecule has 0 saturated heterocycles. The molecule has 4 atom stereocenters. The van der Waals surface area contributed by atoms with Gasteiger partial charge in [0, 0.05) is 0 Å². The highest BCUT2D eigenvalue weighted by molar-refractivity contribution is 5.95. The maximum Gasteiger partial charge on any atom is 0.322 e. The Balaban J connectivity index is 2.83. The molecule has 0 saturated carbocycles. The number of aliphatic hydroxyl groups is 1. The normalized spacial score (nSPS) is 14.3. The Labute approximate surface area is 182 Å². The lowest BCUT2D eigenvalue weighted by Gasteiger charge is -2.25. The highest BCUT2D eigenvalue weighted by atomic mass is 16.4. The Kier molecular flexibility index (Phi) is 10.1. The van der Waals surface area contributed by atoms with Crippen molar-refractivity contribution in [2.24, 2.45) is 5.73 Å². The number of carboxylic acids is 2. The van der Waals surface area contributed by atoms with E-state index in [-0.39, 0.29) is 12.2 Å². The van der Waals surface area contributed by atoms with Crippen molar-refractivity contribution in [1.82, 2.24) is 16.0 Å². The number of carbonyl (C=O) groups excluding carboxylic acids is 3. The second-order valence-electron chi connectivity index (χ2n) is 6.97. The minimum absolute atomic E-state index is 0.0286. The van der Waals surface area contributed by atoms with E-state index >= 15 is 0 Å². The van der Waals surface area contributed by atoms with E-state index in [0.29, 0.717) is 5.56 Å². The highest BCUT2D eigenvalue weighted by Crippen LogP contribution is 2.11. The van der Waals surface area contributed by atoms with Crippen LogP contribution in [0.1, 0.15) is 18.9 Å². The minimum atomic E-state index is -1.65. The van der Waals surface area contributed by atoms with Gasteiger partial charge in [-0.3, -0.25) is 24.0 Å². The maximum atomic E-state index is 12.5. The lowest BCUT2D eigenvalue weighted by atomic mass is 10.0. The summed E-state index contributed by atoms with van der Waals surface area (Å²) in [4.78, 5) is 58.5. The van der Waals surface area contributed by atoms with Crippen molar-refractivity contribution in [1.29, 1.82) is 0 Å². The van der Waals surface area contributed by atoms with Crippen LogP contribution in [0.25, 0.3) is 0 Å². The third-order valence-corrected chi connectivity index (χ3v) is 4.22. The largest absolute Gasteiger partial charge is 0.508 e. The summed E-state index contributed by atoms with van der Waals surface area (Å²) in [5.74, 6) is -5.74. The standard InChI is InChI=1S/C19H26N4O9/c1-9(24)16(23-17(30)12(20)6-10-2-4-11(25)5-3-10)19(32)22-13(7-14(26)27)18(31)21-8-15(28)29/h2-5,9,12-13,16,24-25H,6-8,20H2,1H3,(H,21,31)(H,22,32)(H,23,30)(H,26,27)(H,28,29). The van der Waals surface area contributed by atoms with Crippen molar-refractivity contribution >= 4 is 29.7 Å². The van der Waals surface area contributed by atoms with Crippen LogP contribution in [-0.2, 0) is 30.4 Å². The zero-order chi connectivity index (χ0) is 24.4. The van der Waals surface area contributed by atoms with E-state index in [2.05, 4.69) is 10.6 Å². The molecule has 0 aromatic heterocycles. The van der Waals surface area contributed by atoms with Gasteiger partial charge in [0.15, 0.2) is 0 Å². The molecule has 1 aromatic carbocycles. The molecule has 1 rings (SSSR count). The summed E-state index contributed by atoms with van der Waals surface area (Å²) in [6.45, 7) is 0.389. The summed E-state index contributed by atoms with van der Waals surface area (Å²) in [6, 6.07) is 1.57. The van der Waals surface area contributed by atoms with Crippen molar-refractivity contribution < 1.29 is 44.4 Å². The van der Waals surface area contributed by atoms with Gasteiger partial charge >= 0.3 is 11.9 Å². The molecule has 0 heterocycles. The first-order valence-corrected chi connectivity index (χ1v) is 9.44. The number of hydrogen-bond acceptors (Lipinski definition) is 8. The fourth-order valence-corrected chi connectivity index (χ4v) is 2.58. The SMILES string of the molecule is CC(O)C(NC(=O)C(N)Cc1ccc(O)cc1)C(=O)NC(CC(=O)O)C(=O)NCC(=O)O. The van der Waals surface area contributed by atoms with E-state index in [9.17, 15) is 34.2 Å². The number of carboxylic acid groups (broad SMARTS) is 2. The van der Waals surface area contributed by atoms with Crippen LogP contribution in [-0.4, -0.2) is 80.9 Å². The molecule has 0 fully saturated rings. The van der Waals surface area contributed by atoms with E-state index < -0.39 is 66.9 Å². The number of nitrogens with one attached hydrogen (secondary N) is 3. The van der Waals surface area contributed by atoms with Crippen LogP contribution >= 0.6 is 0 Å². The van der Waals surface area contributed by atoms with E-state index in [1.54, 1.807) is 12.1 Å². The number of amides is 3. The quantitative estimate of drug-likeness (QED) is 0.163. The topological polar surface area (TPSA) is 228 Å². The first kappa shape index (κ1) is 26.3. The molecule has 9 N–H and O–H groups in total. The molecule has 13 nitrogen and oxygen atoms in total. The fourth-order valence-electron chi connectivity index (χ4n) is 2.58. The third-order valence-electron chi connectivity index (χ3n) is 4.22. The van der Waals surface area contributed by atoms with Crippen molar-refractivity contribution in [2.75, 3.05) is 6.54 Å². The molecule has 4 unspecified atom stereocenters. The molecule has 0 aliphatic rings. The van der Waals surface area contributed by atoms with E-state index in [4.69, 9.17) is 15.9 Å². The number of aliphatic carboxylic acids is 2. The summed E-state index contributed by atoms with van der Waals surface area (Å²) in [5.41, 5.74) is 6.46. The van der Waals surface area contributed by atoms with Crippen molar-refractivity contribution in [3.8, 4) is 5.75 Å². The van der Waals surface area contributed by atoms with Crippen LogP contribution in [0.15, 0.2) is 24.3 Å². The number of aromatic hydroxyl groups is 1. The molecule has 0 spiro atoms. The minimum Gasteiger partial charge on any atom is -0.508 e. The zero-order valence-electron chi connectivity index (χ0n) is 17.1. The summed E-state index contributed by atoms with van der Waals surface area (Å²) < 4.78 is 0. The Hall–Kier alpha value is -3.71. The van der Waals surface area contributed by atoms with Crippen LogP contribution in [0.2, 0.25) is 0 Å². The van der Waals surface area contributed by atoms with Crippen LogP contribution < -0.4 is 21.7 Å². The van der Waals surface area contributed by atoms with Gasteiger partial charge in [0.2, 0.25) is 17.7 Å². The Morgan fingerprint density at radius 2 is 1.53 bits per heavy atom. The van der Waals surface area contributed by atoms with E-state index in [0.717, 1.165) is 0 Å². The Bertz CT molecular complexity index is 842. The average molecular weight is 454 g/mol. The molecule has 176 valence electrons. The lowest BCUT2D eigenvalue weighted by molar-refractivity contribution is -0.142. The molecule has 32 heavy (non-hydrogen) atoms. The predicted molar refractivity (Wildman–Crippen MR) is 108 cm³/mol. The summed E-state index contributed by atoms with van der Waals surface area (Å²) >= 11 is 0. The zero-order valence-corrected chi connectivity index (χ0v) is 17.1. The van der Waals surface area contributed by atoms with Gasteiger partial charge in [-0.25, -0.2) is 0 Å². The van der Waals surface area contributed by atoms with Crippen LogP contribution in [0.5, 0.6) is 5.75 Å². The van der Waals surface area contributed by atoms with Gasteiger partial charge in [0.25, 0.3) is 0 Å². The smallest absolute Gasteiger partial charge is 0.322 e. The molecule has 3 amide bonds. The number of benzene rings is 1. The molecule has 0 radical (unpaired) electrons. The van der Waals surface area contributed by atoms with Crippen LogP contribution in [0.4, 0.5) is 0 Å². The second-order valence-corrected chi connectivity index (χ2v) is 6.97. The van der Waals surface area contributed by atoms with Crippen LogP contribution in [0.3, 0.4) is 0 Å². The van der Waals surface area contributed by atoms with Gasteiger partial charge in [-0.2, -0.15) is 0 Å². The predicted octanol–water partition coefficient (Wildman–Crippen LogP) is -2.71. The van der Waals surface area contributed by atoms with Gasteiger partial charge in [-0.05, 0) is 31.0 Å². The first-order valence-electron chi connectivity index (χ1n) is 9.44. The maximum absolute atomic E-state index is 12.5. The molecule has 0 aliphatic carbocycles. The second kappa shape index (κ2) is 12.2. The molecule has 0 bridgehead atoms. The van der Waals surface area contributed by atoms with E-state index in [1.165, 1.54) is 19.1 Å². The molecule has 0 aliphatic heterocycles. The van der Waals surface area contributed by atoms with Gasteiger partial charge in [-0.15, -0.1) is 0 Å². The van der Waals surface area contributed by atoms with Crippen molar-refractivity contribution in [3.05, 3.63) is 29.8 Å². The Morgan fingerprint density at radius 3 is 2.03 bits per heavy atom. The number of aliphatic hydroxyl groups excluding tert-OH is 1. The monoisotopic (exact) mass is 454 g/mol. The molecular weight excluding hydrogens is 428 g/mol. The number of hydrogen-bond donors (Lipinski definition) is 8.